The molecule has 0 spiro atoms. The van der Waals surface area contributed by atoms with E-state index in [1.165, 1.54) is 4.57 Å². The zero-order valence-corrected chi connectivity index (χ0v) is 15.5. The third-order valence-electron chi connectivity index (χ3n) is 3.95. The molecule has 0 N–H and O–H groups in total. The quantitative estimate of drug-likeness (QED) is 0.470. The van der Waals surface area contributed by atoms with E-state index in [1.54, 1.807) is 30.5 Å². The van der Waals surface area contributed by atoms with Gasteiger partial charge in [-0.25, -0.2) is 9.78 Å². The molecule has 0 amide bonds. The van der Waals surface area contributed by atoms with Gasteiger partial charge in [0, 0.05) is 17.4 Å². The number of rotatable bonds is 3. The molecule has 1 aromatic carbocycles. The molecule has 0 saturated heterocycles. The van der Waals surface area contributed by atoms with E-state index < -0.39 is 5.69 Å². The molecule has 4 rings (SSSR count). The van der Waals surface area contributed by atoms with Crippen LogP contribution in [0, 0.1) is 0 Å². The van der Waals surface area contributed by atoms with Gasteiger partial charge in [-0.05, 0) is 42.0 Å². The molecule has 130 valence electrons. The minimum absolute atomic E-state index is 0.381. The standard InChI is InChI=1S/C18H11Cl3N4O/c19-12-4-5-14(13(20)8-12)25-15-2-1-7-24(17(15)23-18(25)26)10-11-3-6-16(21)22-9-11/h1-9H,10H2. The van der Waals surface area contributed by atoms with Gasteiger partial charge in [0.25, 0.3) is 0 Å². The first-order valence-electron chi connectivity index (χ1n) is 7.67. The molecule has 2 aliphatic heterocycles. The van der Waals surface area contributed by atoms with Crippen molar-refractivity contribution in [3.8, 4) is 17.2 Å². The molecule has 0 unspecified atom stereocenters. The van der Waals surface area contributed by atoms with E-state index in [0.717, 1.165) is 5.56 Å². The molecule has 2 aromatic rings. The Kier molecular flexibility index (Phi) is 4.44. The molecule has 0 bridgehead atoms. The van der Waals surface area contributed by atoms with Crippen LogP contribution in [0.5, 0.6) is 0 Å². The van der Waals surface area contributed by atoms with Crippen LogP contribution in [0.2, 0.25) is 15.2 Å². The second kappa shape index (κ2) is 6.76. The number of imidazole rings is 1. The normalized spacial score (nSPS) is 11.2. The van der Waals surface area contributed by atoms with Crippen LogP contribution in [0.1, 0.15) is 5.56 Å². The van der Waals surface area contributed by atoms with Gasteiger partial charge in [-0.15, -0.1) is 0 Å². The van der Waals surface area contributed by atoms with E-state index in [1.807, 2.05) is 29.0 Å². The summed E-state index contributed by atoms with van der Waals surface area (Å²) in [5, 5.41) is 1.31. The van der Waals surface area contributed by atoms with E-state index >= 15 is 0 Å². The number of aromatic nitrogens is 4. The highest BCUT2D eigenvalue weighted by molar-refractivity contribution is 6.35. The Hall–Kier alpha value is -2.34. The lowest BCUT2D eigenvalue weighted by atomic mass is 10.2. The van der Waals surface area contributed by atoms with Gasteiger partial charge >= 0.3 is 5.69 Å². The Morgan fingerprint density at radius 2 is 1.88 bits per heavy atom. The number of fused-ring (bicyclic) bond motifs is 1. The van der Waals surface area contributed by atoms with Gasteiger partial charge in [-0.2, -0.15) is 4.98 Å². The van der Waals surface area contributed by atoms with Crippen molar-refractivity contribution < 1.29 is 0 Å². The molecule has 0 radical (unpaired) electrons. The maximum atomic E-state index is 12.5. The Morgan fingerprint density at radius 1 is 1.04 bits per heavy atom. The van der Waals surface area contributed by atoms with Crippen molar-refractivity contribution in [1.29, 1.82) is 0 Å². The van der Waals surface area contributed by atoms with Crippen molar-refractivity contribution in [2.75, 3.05) is 0 Å². The SMILES string of the molecule is O=c1nc2n(Cc3ccc(Cl)nc3)cccc-2n1-c1ccc(Cl)cc1Cl. The third kappa shape index (κ3) is 3.09. The highest BCUT2D eigenvalue weighted by Crippen LogP contribution is 2.28. The first kappa shape index (κ1) is 17.1. The molecular weight excluding hydrogens is 395 g/mol. The molecule has 5 nitrogen and oxygen atoms in total. The lowest BCUT2D eigenvalue weighted by molar-refractivity contribution is 0.779. The van der Waals surface area contributed by atoms with Gasteiger partial charge in [0.1, 0.15) is 5.15 Å². The average molecular weight is 406 g/mol. The first-order chi connectivity index (χ1) is 12.5. The fraction of sp³-hybridized carbons (Fsp3) is 0.0556. The van der Waals surface area contributed by atoms with Crippen molar-refractivity contribution in [2.24, 2.45) is 0 Å². The fourth-order valence-electron chi connectivity index (χ4n) is 2.79. The lowest BCUT2D eigenvalue weighted by Gasteiger charge is -2.13. The van der Waals surface area contributed by atoms with Crippen LogP contribution in [0.25, 0.3) is 17.2 Å². The molecule has 3 heterocycles. The van der Waals surface area contributed by atoms with E-state index in [0.29, 0.717) is 38.9 Å². The summed E-state index contributed by atoms with van der Waals surface area (Å²) in [5.74, 6) is 0.554. The number of hydrogen-bond acceptors (Lipinski definition) is 3. The lowest BCUT2D eigenvalue weighted by Crippen LogP contribution is -2.14. The molecule has 1 aromatic heterocycles. The third-order valence-corrected chi connectivity index (χ3v) is 4.71. The van der Waals surface area contributed by atoms with Crippen LogP contribution in [0.15, 0.2) is 59.7 Å². The van der Waals surface area contributed by atoms with Crippen LogP contribution >= 0.6 is 34.8 Å². The molecule has 0 fully saturated rings. The number of nitrogens with zero attached hydrogens (tertiary/aromatic N) is 4. The fourth-order valence-corrected chi connectivity index (χ4v) is 3.39. The summed E-state index contributed by atoms with van der Waals surface area (Å²) in [6.07, 6.45) is 3.55. The Morgan fingerprint density at radius 3 is 2.62 bits per heavy atom. The van der Waals surface area contributed by atoms with Crippen LogP contribution in [-0.4, -0.2) is 19.1 Å². The van der Waals surface area contributed by atoms with E-state index in [9.17, 15) is 4.79 Å². The first-order valence-corrected chi connectivity index (χ1v) is 8.80. The maximum Gasteiger partial charge on any atom is 0.354 e. The number of hydrogen-bond donors (Lipinski definition) is 0. The smallest absolute Gasteiger partial charge is 0.327 e. The van der Waals surface area contributed by atoms with Crippen molar-refractivity contribution in [3.63, 3.8) is 0 Å². The van der Waals surface area contributed by atoms with Crippen molar-refractivity contribution in [1.82, 2.24) is 19.1 Å². The van der Waals surface area contributed by atoms with E-state index in [4.69, 9.17) is 34.8 Å². The van der Waals surface area contributed by atoms with Gasteiger partial charge in [0.15, 0.2) is 5.82 Å². The van der Waals surface area contributed by atoms with Crippen LogP contribution in [0.4, 0.5) is 0 Å². The summed E-state index contributed by atoms with van der Waals surface area (Å²) < 4.78 is 3.35. The van der Waals surface area contributed by atoms with Crippen molar-refractivity contribution in [2.45, 2.75) is 6.54 Å². The van der Waals surface area contributed by atoms with E-state index in [2.05, 4.69) is 9.97 Å². The summed E-state index contributed by atoms with van der Waals surface area (Å²) >= 11 is 18.1. The highest BCUT2D eigenvalue weighted by Gasteiger charge is 2.20. The van der Waals surface area contributed by atoms with Gasteiger partial charge in [-0.3, -0.25) is 4.57 Å². The monoisotopic (exact) mass is 404 g/mol. The largest absolute Gasteiger partial charge is 0.354 e. The van der Waals surface area contributed by atoms with E-state index in [-0.39, 0.29) is 0 Å². The molecule has 0 aliphatic carbocycles. The minimum atomic E-state index is -0.404. The number of pyridine rings is 2. The molecule has 26 heavy (non-hydrogen) atoms. The molecule has 2 aliphatic rings. The van der Waals surface area contributed by atoms with Gasteiger partial charge in [0.05, 0.1) is 22.9 Å². The minimum Gasteiger partial charge on any atom is -0.327 e. The zero-order chi connectivity index (χ0) is 18.3. The number of benzene rings is 1. The van der Waals surface area contributed by atoms with Gasteiger partial charge in [-0.1, -0.05) is 40.9 Å². The zero-order valence-electron chi connectivity index (χ0n) is 13.2. The molecule has 0 saturated carbocycles. The molecule has 0 atom stereocenters. The summed E-state index contributed by atoms with van der Waals surface area (Å²) in [6.45, 7) is 0.506. The topological polar surface area (TPSA) is 52.7 Å². The second-order valence-corrected chi connectivity index (χ2v) is 6.89. The maximum absolute atomic E-state index is 12.5. The predicted octanol–water partition coefficient (Wildman–Crippen LogP) is 4.54. The Balaban J connectivity index is 1.80. The highest BCUT2D eigenvalue weighted by atomic mass is 35.5. The van der Waals surface area contributed by atoms with Crippen LogP contribution < -0.4 is 5.69 Å². The summed E-state index contributed by atoms with van der Waals surface area (Å²) in [6, 6.07) is 12.3. The predicted molar refractivity (Wildman–Crippen MR) is 103 cm³/mol. The average Bonchev–Trinajstić information content (AvgIpc) is 2.94. The van der Waals surface area contributed by atoms with Gasteiger partial charge < -0.3 is 4.57 Å². The number of halogens is 3. The second-order valence-electron chi connectivity index (χ2n) is 5.66. The van der Waals surface area contributed by atoms with Crippen molar-refractivity contribution in [3.05, 3.63) is 86.1 Å². The van der Waals surface area contributed by atoms with Crippen LogP contribution in [0.3, 0.4) is 0 Å². The summed E-state index contributed by atoms with van der Waals surface area (Å²) in [4.78, 5) is 20.8. The Bertz CT molecular complexity index is 1120. The van der Waals surface area contributed by atoms with Crippen molar-refractivity contribution >= 4 is 34.8 Å². The Labute approximate surface area is 163 Å². The molecule has 8 heteroatoms. The van der Waals surface area contributed by atoms with Gasteiger partial charge in [0.2, 0.25) is 0 Å². The molecular formula is C18H11Cl3N4O. The summed E-state index contributed by atoms with van der Waals surface area (Å²) in [5.41, 5.74) is 1.73. The van der Waals surface area contributed by atoms with Crippen LogP contribution in [-0.2, 0) is 6.54 Å². The summed E-state index contributed by atoms with van der Waals surface area (Å²) in [7, 11) is 0.